The molecule has 0 radical (unpaired) electrons. The zero-order valence-corrected chi connectivity index (χ0v) is 17.1. The molecule has 4 rings (SSSR count). The van der Waals surface area contributed by atoms with Gasteiger partial charge in [0, 0.05) is 32.9 Å². The van der Waals surface area contributed by atoms with E-state index in [4.69, 9.17) is 27.9 Å². The van der Waals surface area contributed by atoms with Crippen LogP contribution in [-0.4, -0.2) is 15.7 Å². The van der Waals surface area contributed by atoms with Gasteiger partial charge in [0.15, 0.2) is 0 Å². The van der Waals surface area contributed by atoms with Gasteiger partial charge in [-0.05, 0) is 66.7 Å². The molecule has 0 atom stereocenters. The van der Waals surface area contributed by atoms with Gasteiger partial charge in [0.05, 0.1) is 5.69 Å². The number of rotatable bonds is 5. The first kappa shape index (κ1) is 20.1. The molecule has 3 aromatic carbocycles. The molecule has 150 valence electrons. The van der Waals surface area contributed by atoms with E-state index in [9.17, 15) is 9.18 Å². The van der Waals surface area contributed by atoms with Crippen molar-refractivity contribution in [3.8, 4) is 17.0 Å². The third-order valence-electron chi connectivity index (χ3n) is 4.45. The van der Waals surface area contributed by atoms with Crippen molar-refractivity contribution >= 4 is 29.1 Å². The molecule has 0 fully saturated rings. The van der Waals surface area contributed by atoms with Crippen molar-refractivity contribution in [3.63, 3.8) is 0 Å². The molecule has 0 unspecified atom stereocenters. The van der Waals surface area contributed by atoms with Crippen molar-refractivity contribution in [1.29, 1.82) is 0 Å². The Bertz CT molecular complexity index is 1190. The highest BCUT2D eigenvalue weighted by Crippen LogP contribution is 2.24. The number of hydrogen-bond acceptors (Lipinski definition) is 3. The molecule has 30 heavy (non-hydrogen) atoms. The van der Waals surface area contributed by atoms with Crippen LogP contribution in [0.25, 0.3) is 11.3 Å². The fourth-order valence-electron chi connectivity index (χ4n) is 2.84. The van der Waals surface area contributed by atoms with Crippen LogP contribution in [0.15, 0.2) is 79.0 Å². The summed E-state index contributed by atoms with van der Waals surface area (Å²) in [4.78, 5) is 12.5. The van der Waals surface area contributed by atoms with E-state index >= 15 is 0 Å². The van der Waals surface area contributed by atoms with Crippen LogP contribution in [0.2, 0.25) is 10.0 Å². The van der Waals surface area contributed by atoms with Gasteiger partial charge < -0.3 is 4.74 Å². The summed E-state index contributed by atoms with van der Waals surface area (Å²) in [5.41, 5.74) is 2.66. The predicted molar refractivity (Wildman–Crippen MR) is 115 cm³/mol. The third kappa shape index (κ3) is 4.53. The Labute approximate surface area is 182 Å². The van der Waals surface area contributed by atoms with Gasteiger partial charge >= 0.3 is 0 Å². The Morgan fingerprint density at radius 3 is 2.40 bits per heavy atom. The first-order chi connectivity index (χ1) is 14.5. The topological polar surface area (TPSA) is 44.1 Å². The summed E-state index contributed by atoms with van der Waals surface area (Å²) in [6.07, 6.45) is 1.58. The third-order valence-corrected chi connectivity index (χ3v) is 5.03. The second-order valence-corrected chi connectivity index (χ2v) is 7.35. The predicted octanol–water partition coefficient (Wildman–Crippen LogP) is 6.26. The minimum atomic E-state index is -0.395. The van der Waals surface area contributed by atoms with E-state index in [0.29, 0.717) is 33.7 Å². The van der Waals surface area contributed by atoms with Gasteiger partial charge in [-0.25, -0.2) is 9.07 Å². The Kier molecular flexibility index (Phi) is 5.84. The van der Waals surface area contributed by atoms with Crippen molar-refractivity contribution in [3.05, 3.63) is 106 Å². The fourth-order valence-corrected chi connectivity index (χ4v) is 3.30. The van der Waals surface area contributed by atoms with Crippen molar-refractivity contribution < 1.29 is 13.9 Å². The zero-order valence-electron chi connectivity index (χ0n) is 15.6. The largest absolute Gasteiger partial charge is 0.489 e. The molecule has 0 aliphatic rings. The standard InChI is InChI=1S/C23H15Cl2FN2O2/c24-18-6-1-17(21(25)13-18)14-30-20-9-4-15(5-10-20)22-11-12-28(27-22)23(29)16-2-7-19(26)8-3-16/h1-13H,14H2. The number of carbonyl (C=O) groups is 1. The summed E-state index contributed by atoms with van der Waals surface area (Å²) in [7, 11) is 0. The molecule has 4 nitrogen and oxygen atoms in total. The van der Waals surface area contributed by atoms with Crippen LogP contribution < -0.4 is 4.74 Å². The number of nitrogens with zero attached hydrogens (tertiary/aromatic N) is 2. The lowest BCUT2D eigenvalue weighted by Gasteiger charge is -2.08. The van der Waals surface area contributed by atoms with Crippen LogP contribution in [0.3, 0.4) is 0 Å². The van der Waals surface area contributed by atoms with Crippen molar-refractivity contribution in [2.24, 2.45) is 0 Å². The zero-order chi connectivity index (χ0) is 21.1. The molecule has 0 N–H and O–H groups in total. The molecule has 0 aliphatic carbocycles. The summed E-state index contributed by atoms with van der Waals surface area (Å²) in [5, 5.41) is 5.45. The van der Waals surface area contributed by atoms with Gasteiger partial charge in [-0.15, -0.1) is 0 Å². The molecular weight excluding hydrogens is 426 g/mol. The molecule has 1 aromatic heterocycles. The molecule has 0 saturated carbocycles. The highest BCUT2D eigenvalue weighted by molar-refractivity contribution is 6.35. The van der Waals surface area contributed by atoms with Crippen molar-refractivity contribution in [2.45, 2.75) is 6.61 Å². The van der Waals surface area contributed by atoms with Crippen LogP contribution >= 0.6 is 23.2 Å². The van der Waals surface area contributed by atoms with Gasteiger partial charge in [0.2, 0.25) is 0 Å². The Balaban J connectivity index is 1.44. The van der Waals surface area contributed by atoms with Crippen molar-refractivity contribution in [2.75, 3.05) is 0 Å². The normalized spacial score (nSPS) is 10.8. The second-order valence-electron chi connectivity index (χ2n) is 6.51. The molecular formula is C23H15Cl2FN2O2. The van der Waals surface area contributed by atoms with E-state index in [1.165, 1.54) is 28.9 Å². The van der Waals surface area contributed by atoms with E-state index in [1.54, 1.807) is 24.4 Å². The minimum absolute atomic E-state index is 0.316. The molecule has 0 aliphatic heterocycles. The lowest BCUT2D eigenvalue weighted by atomic mass is 10.1. The SMILES string of the molecule is O=C(c1ccc(F)cc1)n1ccc(-c2ccc(OCc3ccc(Cl)cc3Cl)cc2)n1. The monoisotopic (exact) mass is 440 g/mol. The van der Waals surface area contributed by atoms with Crippen LogP contribution in [-0.2, 0) is 6.61 Å². The molecule has 4 aromatic rings. The quantitative estimate of drug-likeness (QED) is 0.367. The average molecular weight is 441 g/mol. The first-order valence-electron chi connectivity index (χ1n) is 9.03. The molecule has 0 amide bonds. The molecule has 0 spiro atoms. The number of carbonyl (C=O) groups excluding carboxylic acids is 1. The van der Waals surface area contributed by atoms with E-state index in [0.717, 1.165) is 11.1 Å². The Morgan fingerprint density at radius 1 is 0.967 bits per heavy atom. The summed E-state index contributed by atoms with van der Waals surface area (Å²) in [6, 6.07) is 19.7. The van der Waals surface area contributed by atoms with Crippen LogP contribution in [0.1, 0.15) is 15.9 Å². The van der Waals surface area contributed by atoms with E-state index in [-0.39, 0.29) is 5.91 Å². The molecule has 0 bridgehead atoms. The average Bonchev–Trinajstić information content (AvgIpc) is 3.24. The van der Waals surface area contributed by atoms with Crippen LogP contribution in [0.5, 0.6) is 5.75 Å². The fraction of sp³-hybridized carbons (Fsp3) is 0.0435. The maximum Gasteiger partial charge on any atom is 0.278 e. The maximum atomic E-state index is 13.0. The number of halogens is 3. The van der Waals surface area contributed by atoms with Crippen LogP contribution in [0.4, 0.5) is 4.39 Å². The Hall–Kier alpha value is -3.15. The maximum absolute atomic E-state index is 13.0. The van der Waals surface area contributed by atoms with E-state index < -0.39 is 5.82 Å². The summed E-state index contributed by atoms with van der Waals surface area (Å²) >= 11 is 12.1. The van der Waals surface area contributed by atoms with Gasteiger partial charge in [0.1, 0.15) is 18.2 Å². The lowest BCUT2D eigenvalue weighted by molar-refractivity contribution is 0.0945. The number of ether oxygens (including phenoxy) is 1. The highest BCUT2D eigenvalue weighted by Gasteiger charge is 2.11. The Morgan fingerprint density at radius 2 is 1.70 bits per heavy atom. The van der Waals surface area contributed by atoms with Gasteiger partial charge in [-0.3, -0.25) is 4.79 Å². The molecule has 1 heterocycles. The summed E-state index contributed by atoms with van der Waals surface area (Å²) in [5.74, 6) is -0.0546. The smallest absolute Gasteiger partial charge is 0.278 e. The minimum Gasteiger partial charge on any atom is -0.489 e. The van der Waals surface area contributed by atoms with E-state index in [1.807, 2.05) is 30.3 Å². The second kappa shape index (κ2) is 8.69. The van der Waals surface area contributed by atoms with Gasteiger partial charge in [-0.1, -0.05) is 29.3 Å². The summed E-state index contributed by atoms with van der Waals surface area (Å²) in [6.45, 7) is 0.316. The summed E-state index contributed by atoms with van der Waals surface area (Å²) < 4.78 is 20.1. The molecule has 0 saturated heterocycles. The van der Waals surface area contributed by atoms with Gasteiger partial charge in [-0.2, -0.15) is 5.10 Å². The first-order valence-corrected chi connectivity index (χ1v) is 9.78. The number of benzene rings is 3. The van der Waals surface area contributed by atoms with Crippen molar-refractivity contribution in [1.82, 2.24) is 9.78 Å². The van der Waals surface area contributed by atoms with Crippen LogP contribution in [0, 0.1) is 5.82 Å². The highest BCUT2D eigenvalue weighted by atomic mass is 35.5. The van der Waals surface area contributed by atoms with Gasteiger partial charge in [0.25, 0.3) is 5.91 Å². The lowest BCUT2D eigenvalue weighted by Crippen LogP contribution is -2.12. The number of aromatic nitrogens is 2. The molecule has 7 heteroatoms. The van der Waals surface area contributed by atoms with E-state index in [2.05, 4.69) is 5.10 Å². The number of hydrogen-bond donors (Lipinski definition) is 0.